The monoisotopic (exact) mass is 236 g/mol. The van der Waals surface area contributed by atoms with E-state index in [0.717, 1.165) is 37.5 Å². The molecule has 0 saturated heterocycles. The minimum Gasteiger partial charge on any atom is -0.303 e. The van der Waals surface area contributed by atoms with Gasteiger partial charge < -0.3 is 4.79 Å². The molecule has 94 valence electrons. The van der Waals surface area contributed by atoms with Gasteiger partial charge in [-0.3, -0.25) is 0 Å². The van der Waals surface area contributed by atoms with Crippen molar-refractivity contribution in [1.29, 1.82) is 0 Å². The SMILES string of the molecule is CCCC(C=O)CCC(C)c1ccc(F)cc1. The van der Waals surface area contributed by atoms with E-state index in [2.05, 4.69) is 13.8 Å². The molecule has 0 N–H and O–H groups in total. The number of benzene rings is 1. The average Bonchev–Trinajstić information content (AvgIpc) is 2.35. The Kier molecular flexibility index (Phi) is 5.88. The molecule has 1 nitrogen and oxygen atoms in total. The fraction of sp³-hybridized carbons (Fsp3) is 0.533. The molecule has 2 heteroatoms. The molecule has 0 aliphatic carbocycles. The van der Waals surface area contributed by atoms with Crippen LogP contribution in [0.1, 0.15) is 51.0 Å². The van der Waals surface area contributed by atoms with Crippen LogP contribution in [0.25, 0.3) is 0 Å². The van der Waals surface area contributed by atoms with Crippen molar-refractivity contribution < 1.29 is 9.18 Å². The average molecular weight is 236 g/mol. The van der Waals surface area contributed by atoms with E-state index in [-0.39, 0.29) is 11.7 Å². The summed E-state index contributed by atoms with van der Waals surface area (Å²) in [5.41, 5.74) is 1.15. The quantitative estimate of drug-likeness (QED) is 0.644. The van der Waals surface area contributed by atoms with Crippen LogP contribution >= 0.6 is 0 Å². The maximum atomic E-state index is 12.8. The van der Waals surface area contributed by atoms with Crippen molar-refractivity contribution in [3.63, 3.8) is 0 Å². The summed E-state index contributed by atoms with van der Waals surface area (Å²) in [5.74, 6) is 0.371. The zero-order valence-corrected chi connectivity index (χ0v) is 10.7. The molecule has 0 saturated carbocycles. The van der Waals surface area contributed by atoms with E-state index in [0.29, 0.717) is 5.92 Å². The van der Waals surface area contributed by atoms with Crippen LogP contribution in [0.5, 0.6) is 0 Å². The van der Waals surface area contributed by atoms with Gasteiger partial charge in [0.05, 0.1) is 0 Å². The summed E-state index contributed by atoms with van der Waals surface area (Å²) >= 11 is 0. The molecular weight excluding hydrogens is 215 g/mol. The van der Waals surface area contributed by atoms with Gasteiger partial charge in [0, 0.05) is 5.92 Å². The Morgan fingerprint density at radius 3 is 2.35 bits per heavy atom. The van der Waals surface area contributed by atoms with E-state index < -0.39 is 0 Å². The summed E-state index contributed by atoms with van der Waals surface area (Å²) in [6.45, 7) is 4.22. The van der Waals surface area contributed by atoms with Gasteiger partial charge in [-0.05, 0) is 42.9 Å². The minimum absolute atomic E-state index is 0.183. The van der Waals surface area contributed by atoms with Gasteiger partial charge in [0.15, 0.2) is 0 Å². The van der Waals surface area contributed by atoms with Gasteiger partial charge in [0.2, 0.25) is 0 Å². The summed E-state index contributed by atoms with van der Waals surface area (Å²) in [5, 5.41) is 0. The standard InChI is InChI=1S/C15H21FO/c1-3-4-13(11-17)6-5-12(2)14-7-9-15(16)10-8-14/h7-13H,3-6H2,1-2H3. The number of hydrogen-bond donors (Lipinski definition) is 0. The van der Waals surface area contributed by atoms with E-state index in [1.54, 1.807) is 0 Å². The van der Waals surface area contributed by atoms with E-state index in [4.69, 9.17) is 0 Å². The van der Waals surface area contributed by atoms with Crippen molar-refractivity contribution in [2.45, 2.75) is 45.4 Å². The Morgan fingerprint density at radius 2 is 1.82 bits per heavy atom. The molecule has 2 unspecified atom stereocenters. The topological polar surface area (TPSA) is 17.1 Å². The third kappa shape index (κ3) is 4.68. The third-order valence-corrected chi connectivity index (χ3v) is 3.26. The molecule has 0 aliphatic rings. The van der Waals surface area contributed by atoms with Crippen molar-refractivity contribution in [3.05, 3.63) is 35.6 Å². The van der Waals surface area contributed by atoms with Gasteiger partial charge in [-0.1, -0.05) is 32.4 Å². The van der Waals surface area contributed by atoms with Crippen LogP contribution in [0.3, 0.4) is 0 Å². The summed E-state index contributed by atoms with van der Waals surface area (Å²) in [6.07, 6.45) is 5.00. The van der Waals surface area contributed by atoms with Gasteiger partial charge in [0.1, 0.15) is 12.1 Å². The zero-order chi connectivity index (χ0) is 12.7. The Balaban J connectivity index is 2.45. The maximum Gasteiger partial charge on any atom is 0.123 e. The molecule has 17 heavy (non-hydrogen) atoms. The Morgan fingerprint density at radius 1 is 1.18 bits per heavy atom. The lowest BCUT2D eigenvalue weighted by molar-refractivity contribution is -0.111. The van der Waals surface area contributed by atoms with Crippen LogP contribution < -0.4 is 0 Å². The second-order valence-corrected chi connectivity index (χ2v) is 4.71. The van der Waals surface area contributed by atoms with E-state index in [9.17, 15) is 9.18 Å². The Labute approximate surface area is 103 Å². The number of aldehydes is 1. The predicted octanol–water partition coefficient (Wildman–Crippen LogP) is 4.32. The molecule has 0 bridgehead atoms. The number of rotatable bonds is 7. The van der Waals surface area contributed by atoms with Crippen LogP contribution in [0, 0.1) is 11.7 Å². The molecule has 2 atom stereocenters. The molecule has 0 aromatic heterocycles. The summed E-state index contributed by atoms with van der Waals surface area (Å²) in [7, 11) is 0. The highest BCUT2D eigenvalue weighted by Crippen LogP contribution is 2.24. The number of carbonyl (C=O) groups excluding carboxylic acids is 1. The Bertz CT molecular complexity index is 331. The first-order valence-corrected chi connectivity index (χ1v) is 6.38. The molecule has 0 radical (unpaired) electrons. The predicted molar refractivity (Wildman–Crippen MR) is 68.5 cm³/mol. The second-order valence-electron chi connectivity index (χ2n) is 4.71. The summed E-state index contributed by atoms with van der Waals surface area (Å²) in [4.78, 5) is 10.8. The molecule has 0 spiro atoms. The van der Waals surface area contributed by atoms with Crippen molar-refractivity contribution in [2.24, 2.45) is 5.92 Å². The first-order valence-electron chi connectivity index (χ1n) is 6.38. The molecule has 1 aromatic carbocycles. The van der Waals surface area contributed by atoms with Gasteiger partial charge in [0.25, 0.3) is 0 Å². The molecular formula is C15H21FO. The third-order valence-electron chi connectivity index (χ3n) is 3.26. The Hall–Kier alpha value is -1.18. The number of hydrogen-bond acceptors (Lipinski definition) is 1. The lowest BCUT2D eigenvalue weighted by atomic mass is 9.90. The van der Waals surface area contributed by atoms with Crippen LogP contribution in [-0.2, 0) is 4.79 Å². The van der Waals surface area contributed by atoms with E-state index >= 15 is 0 Å². The van der Waals surface area contributed by atoms with Crippen LogP contribution in [0.4, 0.5) is 4.39 Å². The second kappa shape index (κ2) is 7.21. The van der Waals surface area contributed by atoms with Crippen molar-refractivity contribution >= 4 is 6.29 Å². The van der Waals surface area contributed by atoms with Crippen molar-refractivity contribution in [3.8, 4) is 0 Å². The number of halogens is 1. The van der Waals surface area contributed by atoms with Crippen molar-refractivity contribution in [2.75, 3.05) is 0 Å². The zero-order valence-electron chi connectivity index (χ0n) is 10.7. The molecule has 1 rings (SSSR count). The lowest BCUT2D eigenvalue weighted by Crippen LogP contribution is -2.04. The van der Waals surface area contributed by atoms with E-state index in [1.165, 1.54) is 12.1 Å². The highest BCUT2D eigenvalue weighted by molar-refractivity contribution is 5.53. The summed E-state index contributed by atoms with van der Waals surface area (Å²) < 4.78 is 12.8. The van der Waals surface area contributed by atoms with Gasteiger partial charge in [-0.25, -0.2) is 4.39 Å². The molecule has 0 fully saturated rings. The van der Waals surface area contributed by atoms with Gasteiger partial charge in [-0.15, -0.1) is 0 Å². The lowest BCUT2D eigenvalue weighted by Gasteiger charge is -2.14. The van der Waals surface area contributed by atoms with Crippen LogP contribution in [0.2, 0.25) is 0 Å². The normalized spacial score (nSPS) is 14.3. The highest BCUT2D eigenvalue weighted by atomic mass is 19.1. The molecule has 0 heterocycles. The van der Waals surface area contributed by atoms with Crippen molar-refractivity contribution in [1.82, 2.24) is 0 Å². The first-order chi connectivity index (χ1) is 8.17. The molecule has 1 aromatic rings. The van der Waals surface area contributed by atoms with E-state index in [1.807, 2.05) is 12.1 Å². The fourth-order valence-electron chi connectivity index (χ4n) is 2.07. The maximum absolute atomic E-state index is 12.8. The molecule has 0 aliphatic heterocycles. The summed E-state index contributed by atoms with van der Waals surface area (Å²) in [6, 6.07) is 6.65. The van der Waals surface area contributed by atoms with Gasteiger partial charge >= 0.3 is 0 Å². The minimum atomic E-state index is -0.197. The smallest absolute Gasteiger partial charge is 0.123 e. The van der Waals surface area contributed by atoms with Gasteiger partial charge in [-0.2, -0.15) is 0 Å². The largest absolute Gasteiger partial charge is 0.303 e. The highest BCUT2D eigenvalue weighted by Gasteiger charge is 2.10. The first kappa shape index (κ1) is 13.9. The molecule has 0 amide bonds. The fourth-order valence-corrected chi connectivity index (χ4v) is 2.07. The van der Waals surface area contributed by atoms with Crippen LogP contribution in [0.15, 0.2) is 24.3 Å². The number of carbonyl (C=O) groups is 1. The van der Waals surface area contributed by atoms with Crippen LogP contribution in [-0.4, -0.2) is 6.29 Å².